The highest BCUT2D eigenvalue weighted by molar-refractivity contribution is 5.90. The van der Waals surface area contributed by atoms with Crippen molar-refractivity contribution in [3.8, 4) is 11.1 Å². The third-order valence-electron chi connectivity index (χ3n) is 3.51. The van der Waals surface area contributed by atoms with Crippen LogP contribution in [0, 0.1) is 6.92 Å². The van der Waals surface area contributed by atoms with E-state index in [0.717, 1.165) is 6.42 Å². The summed E-state index contributed by atoms with van der Waals surface area (Å²) in [5, 5.41) is 0. The van der Waals surface area contributed by atoms with Gasteiger partial charge in [-0.2, -0.15) is 0 Å². The van der Waals surface area contributed by atoms with Gasteiger partial charge in [0.15, 0.2) is 0 Å². The Morgan fingerprint density at radius 1 is 1.06 bits per heavy atom. The molecule has 0 saturated heterocycles. The van der Waals surface area contributed by atoms with Crippen LogP contribution in [-0.4, -0.2) is 13.3 Å². The Hall–Kier alpha value is -1.89. The molecule has 84 valence electrons. The summed E-state index contributed by atoms with van der Waals surface area (Å²) in [5.41, 5.74) is 8.22. The first kappa shape index (κ1) is 10.3. The predicted octanol–water partition coefficient (Wildman–Crippen LogP) is 3.61. The summed E-state index contributed by atoms with van der Waals surface area (Å²) in [6, 6.07) is 13.1. The minimum atomic E-state index is 1.04. The number of aliphatic imine (C=N–C) groups is 1. The number of hydrogen-bond acceptors (Lipinski definition) is 1. The molecule has 0 atom stereocenters. The number of benzene rings is 2. The van der Waals surface area contributed by atoms with Crippen LogP contribution in [0.25, 0.3) is 11.1 Å². The normalized spacial score (nSPS) is 12.8. The van der Waals surface area contributed by atoms with Crippen molar-refractivity contribution >= 4 is 6.21 Å². The maximum absolute atomic E-state index is 4.18. The van der Waals surface area contributed by atoms with Crippen LogP contribution < -0.4 is 0 Å². The van der Waals surface area contributed by atoms with Crippen molar-refractivity contribution in [2.45, 2.75) is 13.3 Å². The average Bonchev–Trinajstić information content (AvgIpc) is 2.72. The van der Waals surface area contributed by atoms with Crippen molar-refractivity contribution in [3.05, 3.63) is 58.7 Å². The Balaban J connectivity index is 2.27. The van der Waals surface area contributed by atoms with Gasteiger partial charge in [-0.15, -0.1) is 0 Å². The summed E-state index contributed by atoms with van der Waals surface area (Å²) in [7, 11) is 1.83. The van der Waals surface area contributed by atoms with Crippen LogP contribution in [0.4, 0.5) is 0 Å². The fraction of sp³-hybridized carbons (Fsp3) is 0.188. The Kier molecular flexibility index (Phi) is 2.32. The van der Waals surface area contributed by atoms with E-state index in [1.165, 1.54) is 33.4 Å². The maximum Gasteiger partial charge on any atom is 0.0287 e. The Morgan fingerprint density at radius 3 is 2.71 bits per heavy atom. The molecule has 1 nitrogen and oxygen atoms in total. The third kappa shape index (κ3) is 1.50. The van der Waals surface area contributed by atoms with E-state index >= 15 is 0 Å². The summed E-state index contributed by atoms with van der Waals surface area (Å²) < 4.78 is 0. The molecule has 0 aliphatic heterocycles. The molecule has 0 fully saturated rings. The van der Waals surface area contributed by atoms with Crippen LogP contribution in [0.3, 0.4) is 0 Å². The molecule has 0 saturated carbocycles. The Morgan fingerprint density at radius 2 is 1.88 bits per heavy atom. The molecular formula is C16H15N. The zero-order chi connectivity index (χ0) is 11.8. The molecule has 2 aromatic rings. The smallest absolute Gasteiger partial charge is 0.0287 e. The summed E-state index contributed by atoms with van der Waals surface area (Å²) in [6.45, 7) is 2.15. The lowest BCUT2D eigenvalue weighted by Crippen LogP contribution is -1.95. The lowest BCUT2D eigenvalue weighted by atomic mass is 9.97. The minimum absolute atomic E-state index is 1.04. The van der Waals surface area contributed by atoms with Gasteiger partial charge in [0, 0.05) is 13.3 Å². The minimum Gasteiger partial charge on any atom is -0.296 e. The second kappa shape index (κ2) is 3.85. The van der Waals surface area contributed by atoms with Crippen molar-refractivity contribution in [3.63, 3.8) is 0 Å². The van der Waals surface area contributed by atoms with E-state index in [-0.39, 0.29) is 0 Å². The maximum atomic E-state index is 4.18. The van der Waals surface area contributed by atoms with Gasteiger partial charge in [0.2, 0.25) is 0 Å². The number of fused-ring (bicyclic) bond motifs is 3. The predicted molar refractivity (Wildman–Crippen MR) is 72.9 cm³/mol. The zero-order valence-corrected chi connectivity index (χ0v) is 10.2. The van der Waals surface area contributed by atoms with E-state index in [0.29, 0.717) is 0 Å². The topological polar surface area (TPSA) is 12.4 Å². The number of nitrogens with zero attached hydrogens (tertiary/aromatic N) is 1. The number of rotatable bonds is 1. The lowest BCUT2D eigenvalue weighted by Gasteiger charge is -2.07. The number of hydrogen-bond donors (Lipinski definition) is 0. The van der Waals surface area contributed by atoms with E-state index in [1.807, 2.05) is 13.3 Å². The van der Waals surface area contributed by atoms with Crippen molar-refractivity contribution in [1.82, 2.24) is 0 Å². The van der Waals surface area contributed by atoms with Gasteiger partial charge in [0.1, 0.15) is 0 Å². The fourth-order valence-corrected chi connectivity index (χ4v) is 2.66. The Labute approximate surface area is 102 Å². The molecule has 0 amide bonds. The highest BCUT2D eigenvalue weighted by Crippen LogP contribution is 2.38. The highest BCUT2D eigenvalue weighted by atomic mass is 14.6. The molecular weight excluding hydrogens is 206 g/mol. The Bertz CT molecular complexity index is 609. The summed E-state index contributed by atoms with van der Waals surface area (Å²) in [4.78, 5) is 4.18. The molecule has 1 aliphatic carbocycles. The van der Waals surface area contributed by atoms with Crippen molar-refractivity contribution in [2.24, 2.45) is 4.99 Å². The molecule has 2 aromatic carbocycles. The monoisotopic (exact) mass is 221 g/mol. The molecule has 0 N–H and O–H groups in total. The lowest BCUT2D eigenvalue weighted by molar-refractivity contribution is 1.24. The highest BCUT2D eigenvalue weighted by Gasteiger charge is 2.20. The van der Waals surface area contributed by atoms with E-state index < -0.39 is 0 Å². The van der Waals surface area contributed by atoms with E-state index in [1.54, 1.807) is 0 Å². The third-order valence-corrected chi connectivity index (χ3v) is 3.51. The summed E-state index contributed by atoms with van der Waals surface area (Å²) >= 11 is 0. The van der Waals surface area contributed by atoms with Gasteiger partial charge in [0.05, 0.1) is 0 Å². The van der Waals surface area contributed by atoms with Crippen molar-refractivity contribution in [1.29, 1.82) is 0 Å². The van der Waals surface area contributed by atoms with Gasteiger partial charge in [0.25, 0.3) is 0 Å². The summed E-state index contributed by atoms with van der Waals surface area (Å²) in [5.74, 6) is 0. The first-order valence-electron chi connectivity index (χ1n) is 5.94. The van der Waals surface area contributed by atoms with Gasteiger partial charge in [-0.05, 0) is 46.7 Å². The molecule has 0 aromatic heterocycles. The van der Waals surface area contributed by atoms with Crippen molar-refractivity contribution < 1.29 is 0 Å². The van der Waals surface area contributed by atoms with E-state index in [2.05, 4.69) is 48.3 Å². The van der Waals surface area contributed by atoms with Gasteiger partial charge in [-0.25, -0.2) is 0 Å². The molecule has 0 bridgehead atoms. The van der Waals surface area contributed by atoms with Gasteiger partial charge in [-0.3, -0.25) is 4.99 Å². The second-order valence-electron chi connectivity index (χ2n) is 4.54. The van der Waals surface area contributed by atoms with Crippen LogP contribution in [0.2, 0.25) is 0 Å². The van der Waals surface area contributed by atoms with Crippen LogP contribution in [-0.2, 0) is 6.42 Å². The van der Waals surface area contributed by atoms with Gasteiger partial charge >= 0.3 is 0 Å². The SMILES string of the molecule is CN=Cc1c(C)ccc2c1Cc1ccccc1-2. The summed E-state index contributed by atoms with van der Waals surface area (Å²) in [6.07, 6.45) is 3.02. The van der Waals surface area contributed by atoms with E-state index in [4.69, 9.17) is 0 Å². The molecule has 0 heterocycles. The van der Waals surface area contributed by atoms with Gasteiger partial charge in [-0.1, -0.05) is 36.4 Å². The standard InChI is InChI=1S/C16H15N/c1-11-7-8-14-13-6-4-3-5-12(13)9-15(14)16(11)10-17-2/h3-8,10H,9H2,1-2H3. The number of aryl methyl sites for hydroxylation is 1. The molecule has 0 spiro atoms. The molecule has 1 heteroatoms. The molecule has 3 rings (SSSR count). The largest absolute Gasteiger partial charge is 0.296 e. The first-order valence-corrected chi connectivity index (χ1v) is 5.94. The van der Waals surface area contributed by atoms with Crippen molar-refractivity contribution in [2.75, 3.05) is 7.05 Å². The first-order chi connectivity index (χ1) is 8.31. The van der Waals surface area contributed by atoms with Crippen LogP contribution in [0.5, 0.6) is 0 Å². The average molecular weight is 221 g/mol. The zero-order valence-electron chi connectivity index (χ0n) is 10.2. The molecule has 17 heavy (non-hydrogen) atoms. The van der Waals surface area contributed by atoms with Crippen LogP contribution in [0.1, 0.15) is 22.3 Å². The second-order valence-corrected chi connectivity index (χ2v) is 4.54. The molecule has 0 unspecified atom stereocenters. The fourth-order valence-electron chi connectivity index (χ4n) is 2.66. The van der Waals surface area contributed by atoms with Crippen LogP contribution >= 0.6 is 0 Å². The van der Waals surface area contributed by atoms with E-state index in [9.17, 15) is 0 Å². The molecule has 0 radical (unpaired) electrons. The van der Waals surface area contributed by atoms with Gasteiger partial charge < -0.3 is 0 Å². The van der Waals surface area contributed by atoms with Crippen LogP contribution in [0.15, 0.2) is 41.4 Å². The molecule has 1 aliphatic rings. The quantitative estimate of drug-likeness (QED) is 0.557.